The van der Waals surface area contributed by atoms with E-state index in [-0.39, 0.29) is 5.56 Å². The Labute approximate surface area is 173 Å². The van der Waals surface area contributed by atoms with Crippen LogP contribution in [-0.2, 0) is 17.6 Å². The highest BCUT2D eigenvalue weighted by atomic mass is 32.1. The Bertz CT molecular complexity index is 1100. The van der Waals surface area contributed by atoms with Crippen LogP contribution in [0.2, 0.25) is 0 Å². The number of nitrogens with two attached hydrogens (primary N) is 1. The molecule has 154 valence electrons. The van der Waals surface area contributed by atoms with E-state index in [4.69, 9.17) is 20.2 Å². The summed E-state index contributed by atoms with van der Waals surface area (Å²) < 4.78 is 12.1. The molecule has 3 rings (SSSR count). The minimum Gasteiger partial charge on any atom is -0.493 e. The Balaban J connectivity index is 2.19. The van der Waals surface area contributed by atoms with Crippen molar-refractivity contribution in [2.45, 2.75) is 39.2 Å². The van der Waals surface area contributed by atoms with Crippen LogP contribution in [0.5, 0.6) is 11.5 Å². The number of methoxy groups -OCH3 is 2. The SMILES string of the molecule is CCc1cc2c(=O)n(C(CC)C(N)=O)c(Cc3ccc(OC)c(OC)c3)nc2s1. The third-order valence-corrected chi connectivity index (χ3v) is 6.08. The minimum absolute atomic E-state index is 0.230. The molecule has 1 unspecified atom stereocenters. The van der Waals surface area contributed by atoms with Crippen molar-refractivity contribution in [3.8, 4) is 11.5 Å². The molecular weight excluding hydrogens is 390 g/mol. The van der Waals surface area contributed by atoms with E-state index < -0.39 is 11.9 Å². The van der Waals surface area contributed by atoms with Gasteiger partial charge < -0.3 is 15.2 Å². The number of carbonyl (C=O) groups excluding carboxylic acids is 1. The van der Waals surface area contributed by atoms with Gasteiger partial charge in [-0.1, -0.05) is 19.9 Å². The van der Waals surface area contributed by atoms with Crippen molar-refractivity contribution in [3.05, 3.63) is 50.9 Å². The first-order chi connectivity index (χ1) is 13.9. The highest BCUT2D eigenvalue weighted by Gasteiger charge is 2.23. The van der Waals surface area contributed by atoms with Crippen molar-refractivity contribution in [3.63, 3.8) is 0 Å². The van der Waals surface area contributed by atoms with Crippen LogP contribution >= 0.6 is 11.3 Å². The van der Waals surface area contributed by atoms with E-state index in [1.165, 1.54) is 15.9 Å². The number of amides is 1. The summed E-state index contributed by atoms with van der Waals surface area (Å²) in [5.74, 6) is 1.16. The van der Waals surface area contributed by atoms with Crippen LogP contribution in [0.25, 0.3) is 10.2 Å². The van der Waals surface area contributed by atoms with Gasteiger partial charge in [0.25, 0.3) is 5.56 Å². The van der Waals surface area contributed by atoms with Gasteiger partial charge in [0.2, 0.25) is 5.91 Å². The second kappa shape index (κ2) is 8.65. The predicted molar refractivity (Wildman–Crippen MR) is 114 cm³/mol. The summed E-state index contributed by atoms with van der Waals surface area (Å²) >= 11 is 1.50. The maximum atomic E-state index is 13.3. The molecule has 2 aromatic heterocycles. The fourth-order valence-corrected chi connectivity index (χ4v) is 4.37. The highest BCUT2D eigenvalue weighted by molar-refractivity contribution is 7.18. The maximum Gasteiger partial charge on any atom is 0.263 e. The summed E-state index contributed by atoms with van der Waals surface area (Å²) in [5, 5.41) is 0.530. The molecular formula is C21H25N3O4S. The van der Waals surface area contributed by atoms with E-state index in [0.717, 1.165) is 16.9 Å². The molecule has 2 heterocycles. The highest BCUT2D eigenvalue weighted by Crippen LogP contribution is 2.29. The number of hydrogen-bond donors (Lipinski definition) is 1. The summed E-state index contributed by atoms with van der Waals surface area (Å²) in [6, 6.07) is 6.65. The minimum atomic E-state index is -0.750. The number of nitrogens with zero attached hydrogens (tertiary/aromatic N) is 2. The molecule has 1 aromatic carbocycles. The Morgan fingerprint density at radius 3 is 2.52 bits per heavy atom. The van der Waals surface area contributed by atoms with Crippen LogP contribution in [0.3, 0.4) is 0 Å². The Kier molecular flexibility index (Phi) is 6.22. The number of hydrogen-bond acceptors (Lipinski definition) is 6. The molecule has 0 saturated heterocycles. The molecule has 0 spiro atoms. The van der Waals surface area contributed by atoms with Gasteiger partial charge in [-0.15, -0.1) is 11.3 Å². The summed E-state index contributed by atoms with van der Waals surface area (Å²) in [7, 11) is 3.14. The number of benzene rings is 1. The number of aromatic nitrogens is 2. The molecule has 0 aliphatic rings. The lowest BCUT2D eigenvalue weighted by molar-refractivity contribution is -0.121. The van der Waals surface area contributed by atoms with Crippen molar-refractivity contribution in [1.82, 2.24) is 9.55 Å². The van der Waals surface area contributed by atoms with Gasteiger partial charge in [-0.25, -0.2) is 4.98 Å². The molecule has 1 amide bonds. The Hall–Kier alpha value is -2.87. The standard InChI is InChI=1S/C21H25N3O4S/c1-5-13-11-14-20(29-13)23-18(24(21(14)26)15(6-2)19(22)25)10-12-7-8-16(27-3)17(9-12)28-4/h7-9,11,15H,5-6,10H2,1-4H3,(H2,22,25). The van der Waals surface area contributed by atoms with E-state index in [1.807, 2.05) is 32.0 Å². The maximum absolute atomic E-state index is 13.3. The molecule has 1 atom stereocenters. The van der Waals surface area contributed by atoms with Crippen LogP contribution in [0, 0.1) is 0 Å². The zero-order chi connectivity index (χ0) is 21.1. The van der Waals surface area contributed by atoms with Gasteiger partial charge in [0.05, 0.1) is 19.6 Å². The number of ether oxygens (including phenoxy) is 2. The summed E-state index contributed by atoms with van der Waals surface area (Å²) in [6.45, 7) is 3.86. The average Bonchev–Trinajstić information content (AvgIpc) is 3.14. The van der Waals surface area contributed by atoms with Crippen molar-refractivity contribution in [2.24, 2.45) is 5.73 Å². The molecule has 8 heteroatoms. The molecule has 0 aliphatic carbocycles. The number of aryl methyl sites for hydroxylation is 1. The van der Waals surface area contributed by atoms with E-state index in [0.29, 0.717) is 40.4 Å². The lowest BCUT2D eigenvalue weighted by atomic mass is 10.1. The van der Waals surface area contributed by atoms with E-state index in [1.54, 1.807) is 20.3 Å². The lowest BCUT2D eigenvalue weighted by Gasteiger charge is -2.19. The zero-order valence-corrected chi connectivity index (χ0v) is 17.8. The average molecular weight is 416 g/mol. The number of carbonyl (C=O) groups is 1. The van der Waals surface area contributed by atoms with Crippen molar-refractivity contribution >= 4 is 27.5 Å². The van der Waals surface area contributed by atoms with Gasteiger partial charge in [-0.3, -0.25) is 14.2 Å². The Morgan fingerprint density at radius 2 is 1.93 bits per heavy atom. The van der Waals surface area contributed by atoms with Crippen molar-refractivity contribution < 1.29 is 14.3 Å². The fraction of sp³-hybridized carbons (Fsp3) is 0.381. The zero-order valence-electron chi connectivity index (χ0n) is 17.0. The van der Waals surface area contributed by atoms with E-state index >= 15 is 0 Å². The molecule has 0 bridgehead atoms. The first-order valence-electron chi connectivity index (χ1n) is 9.47. The van der Waals surface area contributed by atoms with Gasteiger partial charge in [0.15, 0.2) is 11.5 Å². The molecule has 2 N–H and O–H groups in total. The van der Waals surface area contributed by atoms with Gasteiger partial charge >= 0.3 is 0 Å². The van der Waals surface area contributed by atoms with Gasteiger partial charge in [0.1, 0.15) is 16.7 Å². The quantitative estimate of drug-likeness (QED) is 0.610. The van der Waals surface area contributed by atoms with Crippen LogP contribution in [0.1, 0.15) is 42.6 Å². The van der Waals surface area contributed by atoms with Crippen molar-refractivity contribution in [1.29, 1.82) is 0 Å². The first kappa shape index (κ1) is 20.9. The van der Waals surface area contributed by atoms with Crippen LogP contribution < -0.4 is 20.8 Å². The number of fused-ring (bicyclic) bond motifs is 1. The summed E-state index contributed by atoms with van der Waals surface area (Å²) in [6.07, 6.45) is 1.58. The lowest BCUT2D eigenvalue weighted by Crippen LogP contribution is -2.36. The third-order valence-electron chi connectivity index (χ3n) is 4.91. The number of thiophene rings is 1. The van der Waals surface area contributed by atoms with Crippen molar-refractivity contribution in [2.75, 3.05) is 14.2 Å². The van der Waals surface area contributed by atoms with Crippen LogP contribution in [-0.4, -0.2) is 29.7 Å². The largest absolute Gasteiger partial charge is 0.493 e. The third kappa shape index (κ3) is 3.98. The number of primary amides is 1. The smallest absolute Gasteiger partial charge is 0.263 e. The first-order valence-corrected chi connectivity index (χ1v) is 10.3. The monoisotopic (exact) mass is 415 g/mol. The molecule has 0 aliphatic heterocycles. The topological polar surface area (TPSA) is 96.4 Å². The van der Waals surface area contributed by atoms with Gasteiger partial charge in [-0.05, 0) is 36.6 Å². The second-order valence-electron chi connectivity index (χ2n) is 6.68. The van der Waals surface area contributed by atoms with Crippen LogP contribution in [0.15, 0.2) is 29.1 Å². The van der Waals surface area contributed by atoms with E-state index in [2.05, 4.69) is 0 Å². The molecule has 0 saturated carbocycles. The van der Waals surface area contributed by atoms with E-state index in [9.17, 15) is 9.59 Å². The molecule has 0 radical (unpaired) electrons. The van der Waals surface area contributed by atoms with Gasteiger partial charge in [0, 0.05) is 11.3 Å². The molecule has 29 heavy (non-hydrogen) atoms. The Morgan fingerprint density at radius 1 is 1.21 bits per heavy atom. The second-order valence-corrected chi connectivity index (χ2v) is 7.80. The molecule has 7 nitrogen and oxygen atoms in total. The van der Waals surface area contributed by atoms with Crippen LogP contribution in [0.4, 0.5) is 0 Å². The number of rotatable bonds is 8. The predicted octanol–water partition coefficient (Wildman–Crippen LogP) is 3.06. The summed E-state index contributed by atoms with van der Waals surface area (Å²) in [5.41, 5.74) is 6.26. The summed E-state index contributed by atoms with van der Waals surface area (Å²) in [4.78, 5) is 31.8. The van der Waals surface area contributed by atoms with Gasteiger partial charge in [-0.2, -0.15) is 0 Å². The normalized spacial score (nSPS) is 12.1. The molecule has 3 aromatic rings. The fourth-order valence-electron chi connectivity index (χ4n) is 3.39. The molecule has 0 fully saturated rings.